The molecule has 4 rings (SSSR count). The molecule has 2 aromatic rings. The Morgan fingerprint density at radius 1 is 1.22 bits per heavy atom. The lowest BCUT2D eigenvalue weighted by atomic mass is 9.76. The fourth-order valence-corrected chi connectivity index (χ4v) is 4.66. The second kappa shape index (κ2) is 9.07. The quantitative estimate of drug-likeness (QED) is 0.381. The highest BCUT2D eigenvalue weighted by Gasteiger charge is 2.39. The van der Waals surface area contributed by atoms with Gasteiger partial charge in [0.2, 0.25) is 0 Å². The van der Waals surface area contributed by atoms with Crippen molar-refractivity contribution >= 4 is 17.6 Å². The van der Waals surface area contributed by atoms with Crippen LogP contribution in [0.3, 0.4) is 0 Å². The number of anilines is 1. The molecule has 4 atom stereocenters. The smallest absolute Gasteiger partial charge is 0.308 e. The van der Waals surface area contributed by atoms with E-state index in [-0.39, 0.29) is 23.9 Å². The molecule has 0 radical (unpaired) electrons. The lowest BCUT2D eigenvalue weighted by Gasteiger charge is -2.38. The molecule has 4 unspecified atom stereocenters. The van der Waals surface area contributed by atoms with Gasteiger partial charge < -0.3 is 20.1 Å². The molecule has 1 amide bonds. The summed E-state index contributed by atoms with van der Waals surface area (Å²) in [6.07, 6.45) is 6.28. The Morgan fingerprint density at radius 3 is 2.75 bits per heavy atom. The van der Waals surface area contributed by atoms with Gasteiger partial charge in [0.1, 0.15) is 0 Å². The van der Waals surface area contributed by atoms with Crippen molar-refractivity contribution in [3.8, 4) is 11.5 Å². The Hall–Kier alpha value is -3.28. The summed E-state index contributed by atoms with van der Waals surface area (Å²) in [5, 5.41) is 6.76. The van der Waals surface area contributed by atoms with Crippen LogP contribution in [-0.2, 0) is 4.79 Å². The largest absolute Gasteiger partial charge is 0.493 e. The lowest BCUT2D eigenvalue weighted by molar-refractivity contribution is -0.132. The Kier molecular flexibility index (Phi) is 6.21. The van der Waals surface area contributed by atoms with Gasteiger partial charge in [0, 0.05) is 18.9 Å². The molecule has 0 fully saturated rings. The molecule has 6 nitrogen and oxygen atoms in total. The van der Waals surface area contributed by atoms with Crippen LogP contribution >= 0.6 is 0 Å². The molecule has 1 aliphatic heterocycles. The summed E-state index contributed by atoms with van der Waals surface area (Å²) in [4.78, 5) is 24.4. The summed E-state index contributed by atoms with van der Waals surface area (Å²) < 4.78 is 10.8. The molecule has 32 heavy (non-hydrogen) atoms. The van der Waals surface area contributed by atoms with Crippen LogP contribution in [0.2, 0.25) is 0 Å². The first-order valence-electron chi connectivity index (χ1n) is 11.2. The molecule has 168 valence electrons. The minimum Gasteiger partial charge on any atom is -0.493 e. The predicted molar refractivity (Wildman–Crippen MR) is 124 cm³/mol. The molecule has 0 aromatic heterocycles. The normalized spacial score (nSPS) is 21.7. The molecule has 2 N–H and O–H groups in total. The van der Waals surface area contributed by atoms with Crippen LogP contribution in [-0.4, -0.2) is 25.0 Å². The monoisotopic (exact) mass is 434 g/mol. The van der Waals surface area contributed by atoms with E-state index < -0.39 is 5.97 Å². The van der Waals surface area contributed by atoms with Crippen molar-refractivity contribution < 1.29 is 19.1 Å². The van der Waals surface area contributed by atoms with E-state index in [9.17, 15) is 9.59 Å². The first kappa shape index (κ1) is 21.9. The summed E-state index contributed by atoms with van der Waals surface area (Å²) in [6.45, 7) is 5.43. The van der Waals surface area contributed by atoms with Gasteiger partial charge >= 0.3 is 5.97 Å². The average Bonchev–Trinajstić information content (AvgIpc) is 3.28. The molecule has 0 saturated heterocycles. The van der Waals surface area contributed by atoms with Crippen LogP contribution in [0.4, 0.5) is 5.69 Å². The fraction of sp³-hybridized carbons (Fsp3) is 0.385. The number of amides is 1. The topological polar surface area (TPSA) is 76.7 Å². The maximum Gasteiger partial charge on any atom is 0.308 e. The summed E-state index contributed by atoms with van der Waals surface area (Å²) in [5.41, 5.74) is 3.73. The zero-order valence-electron chi connectivity index (χ0n) is 19.0. The minimum atomic E-state index is -0.391. The summed E-state index contributed by atoms with van der Waals surface area (Å²) >= 11 is 0. The molecular weight excluding hydrogens is 404 g/mol. The van der Waals surface area contributed by atoms with E-state index in [0.717, 1.165) is 29.7 Å². The molecule has 1 heterocycles. The lowest BCUT2D eigenvalue weighted by Crippen LogP contribution is -2.35. The Balaban J connectivity index is 1.73. The number of fused-ring (bicyclic) bond motifs is 3. The highest BCUT2D eigenvalue weighted by Crippen LogP contribution is 2.51. The van der Waals surface area contributed by atoms with Gasteiger partial charge in [0.25, 0.3) is 5.91 Å². The zero-order chi connectivity index (χ0) is 22.8. The van der Waals surface area contributed by atoms with E-state index in [4.69, 9.17) is 9.47 Å². The predicted octanol–water partition coefficient (Wildman–Crippen LogP) is 4.98. The van der Waals surface area contributed by atoms with Crippen LogP contribution < -0.4 is 20.1 Å². The van der Waals surface area contributed by atoms with E-state index in [1.165, 1.54) is 6.92 Å². The Morgan fingerprint density at radius 2 is 2.03 bits per heavy atom. The molecule has 1 aliphatic carbocycles. The first-order chi connectivity index (χ1) is 15.4. The van der Waals surface area contributed by atoms with Gasteiger partial charge in [-0.15, -0.1) is 0 Å². The van der Waals surface area contributed by atoms with Crippen molar-refractivity contribution in [1.29, 1.82) is 0 Å². The van der Waals surface area contributed by atoms with Gasteiger partial charge in [0.15, 0.2) is 11.5 Å². The highest BCUT2D eigenvalue weighted by molar-refractivity contribution is 6.01. The maximum atomic E-state index is 13.0. The van der Waals surface area contributed by atoms with E-state index in [2.05, 4.69) is 35.8 Å². The molecule has 6 heteroatoms. The summed E-state index contributed by atoms with van der Waals surface area (Å²) in [5.74, 6) is 1.00. The van der Waals surface area contributed by atoms with Crippen molar-refractivity contribution in [2.24, 2.45) is 5.92 Å². The molecule has 2 aliphatic rings. The maximum absolute atomic E-state index is 13.0. The number of carbonyl (C=O) groups is 2. The standard InChI is InChI=1S/C26H30N2O4/c1-5-15(2)27-26(30)21-11-7-10-20-18-8-6-9-19(18)24(28-25(20)21)17-12-13-22(32-16(3)29)23(14-17)31-4/h6-8,10-15,18-19,24,28H,5,9H2,1-4H3,(H,27,30). The van der Waals surface area contributed by atoms with Crippen LogP contribution in [0.15, 0.2) is 48.6 Å². The number of methoxy groups -OCH3 is 1. The van der Waals surface area contributed by atoms with Crippen molar-refractivity contribution in [3.63, 3.8) is 0 Å². The number of hydrogen-bond donors (Lipinski definition) is 2. The van der Waals surface area contributed by atoms with Gasteiger partial charge in [-0.25, -0.2) is 0 Å². The highest BCUT2D eigenvalue weighted by atomic mass is 16.6. The number of ether oxygens (including phenoxy) is 2. The fourth-order valence-electron chi connectivity index (χ4n) is 4.66. The number of carbonyl (C=O) groups excluding carboxylic acids is 2. The van der Waals surface area contributed by atoms with Gasteiger partial charge in [-0.2, -0.15) is 0 Å². The van der Waals surface area contributed by atoms with E-state index in [0.29, 0.717) is 23.0 Å². The molecule has 2 aromatic carbocycles. The molecule has 0 bridgehead atoms. The van der Waals surface area contributed by atoms with Crippen molar-refractivity contribution in [1.82, 2.24) is 5.32 Å². The van der Waals surface area contributed by atoms with Gasteiger partial charge in [0.05, 0.1) is 24.4 Å². The van der Waals surface area contributed by atoms with Gasteiger partial charge in [-0.05, 0) is 55.0 Å². The van der Waals surface area contributed by atoms with Crippen molar-refractivity contribution in [2.75, 3.05) is 12.4 Å². The molecule has 0 spiro atoms. The Bertz CT molecular complexity index is 1060. The number of nitrogens with one attached hydrogen (secondary N) is 2. The third-order valence-corrected chi connectivity index (χ3v) is 6.43. The van der Waals surface area contributed by atoms with Crippen LogP contribution in [0.25, 0.3) is 0 Å². The second-order valence-corrected chi connectivity index (χ2v) is 8.53. The number of para-hydroxylation sites is 1. The third-order valence-electron chi connectivity index (χ3n) is 6.43. The number of allylic oxidation sites excluding steroid dienone is 2. The van der Waals surface area contributed by atoms with Crippen LogP contribution in [0.1, 0.15) is 67.1 Å². The van der Waals surface area contributed by atoms with Crippen molar-refractivity contribution in [3.05, 3.63) is 65.2 Å². The zero-order valence-corrected chi connectivity index (χ0v) is 19.0. The number of benzene rings is 2. The summed E-state index contributed by atoms with van der Waals surface area (Å²) in [6, 6.07) is 11.7. The SMILES string of the molecule is CCC(C)NC(=O)c1cccc2c1NC(c1ccc(OC(C)=O)c(OC)c1)C1CC=CC21. The third kappa shape index (κ3) is 4.09. The molecule has 0 saturated carbocycles. The summed E-state index contributed by atoms with van der Waals surface area (Å²) in [7, 11) is 1.56. The van der Waals surface area contributed by atoms with E-state index >= 15 is 0 Å². The second-order valence-electron chi connectivity index (χ2n) is 8.53. The number of hydrogen-bond acceptors (Lipinski definition) is 5. The average molecular weight is 435 g/mol. The van der Waals surface area contributed by atoms with Gasteiger partial charge in [-0.3, -0.25) is 9.59 Å². The minimum absolute atomic E-state index is 0.0136. The van der Waals surface area contributed by atoms with Crippen LogP contribution in [0, 0.1) is 5.92 Å². The first-order valence-corrected chi connectivity index (χ1v) is 11.2. The van der Waals surface area contributed by atoms with E-state index in [1.807, 2.05) is 31.2 Å². The molecular formula is C26H30N2O4. The van der Waals surface area contributed by atoms with Gasteiger partial charge in [-0.1, -0.05) is 37.3 Å². The number of rotatable bonds is 6. The van der Waals surface area contributed by atoms with Crippen LogP contribution in [0.5, 0.6) is 11.5 Å². The Labute approximate surface area is 189 Å². The van der Waals surface area contributed by atoms with Crippen molar-refractivity contribution in [2.45, 2.75) is 51.6 Å². The number of esters is 1. The van der Waals surface area contributed by atoms with E-state index in [1.54, 1.807) is 13.2 Å².